The number of hydrogen-bond acceptors (Lipinski definition) is 6. The first-order valence-corrected chi connectivity index (χ1v) is 8.85. The summed E-state index contributed by atoms with van der Waals surface area (Å²) in [6.07, 6.45) is 3.96. The molecule has 0 aliphatic carbocycles. The first-order valence-electron chi connectivity index (χ1n) is 8.85. The van der Waals surface area contributed by atoms with E-state index >= 15 is 0 Å². The number of fused-ring (bicyclic) bond motifs is 1. The van der Waals surface area contributed by atoms with Gasteiger partial charge in [0.1, 0.15) is 23.8 Å². The first-order chi connectivity index (χ1) is 12.5. The molecule has 0 radical (unpaired) electrons. The number of urea groups is 1. The van der Waals surface area contributed by atoms with E-state index in [1.54, 1.807) is 25.3 Å². The highest BCUT2D eigenvalue weighted by Crippen LogP contribution is 2.22. The quantitative estimate of drug-likeness (QED) is 0.863. The van der Waals surface area contributed by atoms with Crippen LogP contribution >= 0.6 is 0 Å². The Balaban J connectivity index is 1.72. The molecule has 0 fully saturated rings. The average molecular weight is 358 g/mol. The molecule has 26 heavy (non-hydrogen) atoms. The lowest BCUT2D eigenvalue weighted by Crippen LogP contribution is -2.40. The van der Waals surface area contributed by atoms with Crippen molar-refractivity contribution >= 4 is 11.8 Å². The second kappa shape index (κ2) is 7.67. The van der Waals surface area contributed by atoms with Crippen molar-refractivity contribution in [3.8, 4) is 0 Å². The van der Waals surface area contributed by atoms with Gasteiger partial charge in [-0.15, -0.1) is 10.2 Å². The van der Waals surface area contributed by atoms with Crippen LogP contribution < -0.4 is 5.32 Å². The van der Waals surface area contributed by atoms with Crippen molar-refractivity contribution in [1.29, 1.82) is 0 Å². The van der Waals surface area contributed by atoms with Crippen molar-refractivity contribution in [2.75, 3.05) is 39.0 Å². The molecule has 2 aromatic rings. The van der Waals surface area contributed by atoms with Crippen LogP contribution in [0.1, 0.15) is 22.9 Å². The normalized spacial score (nSPS) is 13.9. The van der Waals surface area contributed by atoms with Crippen molar-refractivity contribution in [2.24, 2.45) is 7.05 Å². The smallest absolute Gasteiger partial charge is 0.319 e. The SMILES string of the molecule is Cc1nc2c(c(NCCc3nncn3C)n1)CCN(C(=O)N(C)C)CC2. The second-order valence-electron chi connectivity index (χ2n) is 6.74. The number of rotatable bonds is 4. The van der Waals surface area contributed by atoms with Crippen molar-refractivity contribution in [1.82, 2.24) is 34.5 Å². The maximum absolute atomic E-state index is 12.3. The van der Waals surface area contributed by atoms with E-state index in [1.807, 2.05) is 23.4 Å². The maximum Gasteiger partial charge on any atom is 0.319 e. The Kier molecular flexibility index (Phi) is 5.34. The zero-order chi connectivity index (χ0) is 18.7. The van der Waals surface area contributed by atoms with Gasteiger partial charge in [0.15, 0.2) is 0 Å². The number of anilines is 1. The number of nitrogens with one attached hydrogen (secondary N) is 1. The summed E-state index contributed by atoms with van der Waals surface area (Å²) >= 11 is 0. The van der Waals surface area contributed by atoms with E-state index in [1.165, 1.54) is 0 Å². The van der Waals surface area contributed by atoms with Crippen LogP contribution in [-0.2, 0) is 26.3 Å². The number of hydrogen-bond donors (Lipinski definition) is 1. The molecule has 0 aromatic carbocycles. The maximum atomic E-state index is 12.3. The first kappa shape index (κ1) is 18.1. The molecule has 0 atom stereocenters. The minimum Gasteiger partial charge on any atom is -0.369 e. The third kappa shape index (κ3) is 3.92. The van der Waals surface area contributed by atoms with Crippen LogP contribution in [-0.4, -0.2) is 74.3 Å². The molecule has 140 valence electrons. The standard InChI is InChI=1S/C17H26N8O/c1-12-20-14-7-10-25(17(26)23(2)3)9-6-13(14)16(21-12)18-8-5-15-22-19-11-24(15)4/h11H,5-10H2,1-4H3,(H,18,20,21). The minimum atomic E-state index is 0.0410. The number of aromatic nitrogens is 5. The van der Waals surface area contributed by atoms with Gasteiger partial charge in [-0.05, 0) is 13.3 Å². The zero-order valence-electron chi connectivity index (χ0n) is 15.9. The van der Waals surface area contributed by atoms with Gasteiger partial charge in [0.25, 0.3) is 0 Å². The van der Waals surface area contributed by atoms with Crippen LogP contribution in [0.3, 0.4) is 0 Å². The fourth-order valence-corrected chi connectivity index (χ4v) is 3.17. The van der Waals surface area contributed by atoms with E-state index in [-0.39, 0.29) is 6.03 Å². The lowest BCUT2D eigenvalue weighted by Gasteiger charge is -2.24. The fraction of sp³-hybridized carbons (Fsp3) is 0.588. The molecular formula is C17H26N8O. The Hall–Kier alpha value is -2.71. The van der Waals surface area contributed by atoms with Crippen molar-refractivity contribution in [3.63, 3.8) is 0 Å². The Morgan fingerprint density at radius 2 is 2.04 bits per heavy atom. The predicted octanol–water partition coefficient (Wildman–Crippen LogP) is 0.650. The number of nitrogens with zero attached hydrogens (tertiary/aromatic N) is 7. The lowest BCUT2D eigenvalue weighted by atomic mass is 10.1. The van der Waals surface area contributed by atoms with E-state index < -0.39 is 0 Å². The summed E-state index contributed by atoms with van der Waals surface area (Å²) in [6, 6.07) is 0.0410. The Morgan fingerprint density at radius 3 is 2.73 bits per heavy atom. The molecule has 1 N–H and O–H groups in total. The van der Waals surface area contributed by atoms with Gasteiger partial charge in [-0.1, -0.05) is 0 Å². The molecule has 9 nitrogen and oxygen atoms in total. The highest BCUT2D eigenvalue weighted by molar-refractivity contribution is 5.74. The molecule has 3 rings (SSSR count). The lowest BCUT2D eigenvalue weighted by molar-refractivity contribution is 0.173. The number of carbonyl (C=O) groups is 1. The van der Waals surface area contributed by atoms with Gasteiger partial charge in [-0.3, -0.25) is 0 Å². The molecule has 2 aromatic heterocycles. The van der Waals surface area contributed by atoms with Gasteiger partial charge in [-0.25, -0.2) is 14.8 Å². The molecule has 0 spiro atoms. The van der Waals surface area contributed by atoms with Crippen molar-refractivity contribution in [2.45, 2.75) is 26.2 Å². The number of aryl methyl sites for hydroxylation is 2. The van der Waals surface area contributed by atoms with E-state index in [0.717, 1.165) is 54.5 Å². The van der Waals surface area contributed by atoms with Crippen LogP contribution in [0, 0.1) is 6.92 Å². The molecule has 0 saturated heterocycles. The van der Waals surface area contributed by atoms with Gasteiger partial charge in [0.05, 0.1) is 5.69 Å². The summed E-state index contributed by atoms with van der Waals surface area (Å²) in [6.45, 7) is 3.98. The molecule has 1 aliphatic rings. The Bertz CT molecular complexity index is 785. The van der Waals surface area contributed by atoms with Crippen molar-refractivity contribution in [3.05, 3.63) is 29.2 Å². The Morgan fingerprint density at radius 1 is 1.27 bits per heavy atom. The van der Waals surface area contributed by atoms with Gasteiger partial charge in [0, 0.05) is 59.2 Å². The molecule has 0 saturated carbocycles. The zero-order valence-corrected chi connectivity index (χ0v) is 15.9. The molecule has 0 unspecified atom stereocenters. The highest BCUT2D eigenvalue weighted by atomic mass is 16.2. The van der Waals surface area contributed by atoms with Crippen LogP contribution in [0.5, 0.6) is 0 Å². The third-order valence-corrected chi connectivity index (χ3v) is 4.55. The van der Waals surface area contributed by atoms with Crippen LogP contribution in [0.15, 0.2) is 6.33 Å². The van der Waals surface area contributed by atoms with E-state index in [2.05, 4.69) is 25.5 Å². The van der Waals surface area contributed by atoms with Crippen LogP contribution in [0.25, 0.3) is 0 Å². The highest BCUT2D eigenvalue weighted by Gasteiger charge is 2.23. The molecule has 3 heterocycles. The van der Waals surface area contributed by atoms with Gasteiger partial charge >= 0.3 is 6.03 Å². The molecule has 0 bridgehead atoms. The van der Waals surface area contributed by atoms with Gasteiger partial charge in [-0.2, -0.15) is 0 Å². The van der Waals surface area contributed by atoms with Crippen molar-refractivity contribution < 1.29 is 4.79 Å². The topological polar surface area (TPSA) is 92.1 Å². The van der Waals surface area contributed by atoms with Crippen LogP contribution in [0.4, 0.5) is 10.6 Å². The van der Waals surface area contributed by atoms with Crippen LogP contribution in [0.2, 0.25) is 0 Å². The minimum absolute atomic E-state index is 0.0410. The second-order valence-corrected chi connectivity index (χ2v) is 6.74. The summed E-state index contributed by atoms with van der Waals surface area (Å²) < 4.78 is 1.91. The largest absolute Gasteiger partial charge is 0.369 e. The summed E-state index contributed by atoms with van der Waals surface area (Å²) in [4.78, 5) is 25.0. The number of amides is 2. The van der Waals surface area contributed by atoms with Gasteiger partial charge < -0.3 is 19.7 Å². The molecule has 9 heteroatoms. The van der Waals surface area contributed by atoms with E-state index in [9.17, 15) is 4.79 Å². The Labute approximate surface area is 153 Å². The molecule has 1 aliphatic heterocycles. The monoisotopic (exact) mass is 358 g/mol. The third-order valence-electron chi connectivity index (χ3n) is 4.55. The summed E-state index contributed by atoms with van der Waals surface area (Å²) in [5.41, 5.74) is 2.15. The predicted molar refractivity (Wildman–Crippen MR) is 98.0 cm³/mol. The summed E-state index contributed by atoms with van der Waals surface area (Å²) in [5.74, 6) is 2.54. The fourth-order valence-electron chi connectivity index (χ4n) is 3.17. The summed E-state index contributed by atoms with van der Waals surface area (Å²) in [5, 5.41) is 11.4. The van der Waals surface area contributed by atoms with E-state index in [0.29, 0.717) is 13.1 Å². The molecule has 2 amide bonds. The number of carbonyl (C=O) groups excluding carboxylic acids is 1. The summed E-state index contributed by atoms with van der Waals surface area (Å²) in [7, 11) is 5.50. The van der Waals surface area contributed by atoms with E-state index in [4.69, 9.17) is 0 Å². The molecular weight excluding hydrogens is 332 g/mol. The van der Waals surface area contributed by atoms with Gasteiger partial charge in [0.2, 0.25) is 0 Å². The average Bonchev–Trinajstić information content (AvgIpc) is 2.88.